The average molecular weight is 258 g/mol. The number of nitrogens with two attached hydrogens (primary N) is 1. The molecule has 1 aliphatic heterocycles. The van der Waals surface area contributed by atoms with Crippen LogP contribution in [-0.4, -0.2) is 18.0 Å². The minimum absolute atomic E-state index is 0.580. The molecule has 1 aromatic carbocycles. The molecule has 0 amide bonds. The summed E-state index contributed by atoms with van der Waals surface area (Å²) in [6.07, 6.45) is 6.50. The third-order valence-corrected chi connectivity index (χ3v) is 5.62. The van der Waals surface area contributed by atoms with Crippen LogP contribution < -0.4 is 5.73 Å². The fraction of sp³-hybridized carbons (Fsp3) is 0.647. The molecule has 104 valence electrons. The van der Waals surface area contributed by atoms with Gasteiger partial charge in [0.1, 0.15) is 0 Å². The van der Waals surface area contributed by atoms with Gasteiger partial charge in [-0.05, 0) is 67.3 Å². The Balaban J connectivity index is 1.80. The molecule has 0 aromatic heterocycles. The first kappa shape index (κ1) is 13.0. The lowest BCUT2D eigenvalue weighted by atomic mass is 9.82. The highest BCUT2D eigenvalue weighted by molar-refractivity contribution is 5.47. The van der Waals surface area contributed by atoms with Gasteiger partial charge in [-0.25, -0.2) is 0 Å². The number of hydrogen-bond acceptors (Lipinski definition) is 2. The van der Waals surface area contributed by atoms with Crippen molar-refractivity contribution in [2.24, 2.45) is 5.41 Å². The highest BCUT2D eigenvalue weighted by Gasteiger charge is 2.39. The second-order valence-electron chi connectivity index (χ2n) is 6.44. The first-order valence-electron chi connectivity index (χ1n) is 7.80. The second kappa shape index (κ2) is 4.82. The number of anilines is 1. The van der Waals surface area contributed by atoms with Crippen LogP contribution in [0.5, 0.6) is 0 Å². The quantitative estimate of drug-likeness (QED) is 0.836. The molecule has 1 unspecified atom stereocenters. The molecule has 2 heteroatoms. The van der Waals surface area contributed by atoms with Gasteiger partial charge in [0.2, 0.25) is 0 Å². The Morgan fingerprint density at radius 3 is 2.79 bits per heavy atom. The molecule has 0 radical (unpaired) electrons. The van der Waals surface area contributed by atoms with E-state index in [4.69, 9.17) is 5.73 Å². The summed E-state index contributed by atoms with van der Waals surface area (Å²) in [5, 5.41) is 0. The van der Waals surface area contributed by atoms with E-state index in [2.05, 4.69) is 36.9 Å². The van der Waals surface area contributed by atoms with E-state index >= 15 is 0 Å². The largest absolute Gasteiger partial charge is 0.399 e. The number of nitrogen functional groups attached to an aromatic ring is 1. The lowest BCUT2D eigenvalue weighted by molar-refractivity contribution is 0.194. The fourth-order valence-electron chi connectivity index (χ4n) is 4.06. The number of fused-ring (bicyclic) bond motifs is 1. The van der Waals surface area contributed by atoms with Gasteiger partial charge in [0.05, 0.1) is 0 Å². The molecule has 1 fully saturated rings. The lowest BCUT2D eigenvalue weighted by Gasteiger charge is -2.30. The zero-order valence-electron chi connectivity index (χ0n) is 12.3. The van der Waals surface area contributed by atoms with Crippen LogP contribution >= 0.6 is 0 Å². The molecule has 1 heterocycles. The number of nitrogens with zero attached hydrogens (tertiary/aromatic N) is 1. The predicted octanol–water partition coefficient (Wildman–Crippen LogP) is 3.77. The monoisotopic (exact) mass is 258 g/mol. The second-order valence-corrected chi connectivity index (χ2v) is 6.44. The molecule has 2 aliphatic rings. The summed E-state index contributed by atoms with van der Waals surface area (Å²) in [7, 11) is 0. The highest BCUT2D eigenvalue weighted by Crippen LogP contribution is 2.44. The van der Waals surface area contributed by atoms with Crippen molar-refractivity contribution < 1.29 is 0 Å². The number of benzene rings is 1. The summed E-state index contributed by atoms with van der Waals surface area (Å²) >= 11 is 0. The third kappa shape index (κ3) is 2.16. The first-order valence-corrected chi connectivity index (χ1v) is 7.80. The number of aryl methyl sites for hydroxylation is 1. The minimum atomic E-state index is 0.580. The summed E-state index contributed by atoms with van der Waals surface area (Å²) in [6, 6.07) is 7.16. The maximum absolute atomic E-state index is 5.90. The summed E-state index contributed by atoms with van der Waals surface area (Å²) in [5.74, 6) is 0. The Bertz CT molecular complexity index is 462. The van der Waals surface area contributed by atoms with E-state index < -0.39 is 0 Å². The molecule has 2 nitrogen and oxygen atoms in total. The van der Waals surface area contributed by atoms with Crippen molar-refractivity contribution in [1.29, 1.82) is 0 Å². The highest BCUT2D eigenvalue weighted by atomic mass is 15.2. The van der Waals surface area contributed by atoms with E-state index in [-0.39, 0.29) is 0 Å². The van der Waals surface area contributed by atoms with Gasteiger partial charge < -0.3 is 5.73 Å². The maximum atomic E-state index is 5.90. The SMILES string of the molecule is CCC1(CC)CCN(C2CCc3cc(N)ccc32)C1. The number of hydrogen-bond donors (Lipinski definition) is 1. The zero-order valence-corrected chi connectivity index (χ0v) is 12.3. The van der Waals surface area contributed by atoms with Gasteiger partial charge in [0.25, 0.3) is 0 Å². The summed E-state index contributed by atoms with van der Waals surface area (Å²) in [6.45, 7) is 7.28. The van der Waals surface area contributed by atoms with Crippen molar-refractivity contribution in [3.05, 3.63) is 29.3 Å². The third-order valence-electron chi connectivity index (χ3n) is 5.62. The Hall–Kier alpha value is -1.02. The molecule has 0 bridgehead atoms. The molecule has 1 aromatic rings. The van der Waals surface area contributed by atoms with Crippen LogP contribution in [0.2, 0.25) is 0 Å². The fourth-order valence-corrected chi connectivity index (χ4v) is 4.06. The zero-order chi connectivity index (χ0) is 13.5. The maximum Gasteiger partial charge on any atom is 0.0354 e. The summed E-state index contributed by atoms with van der Waals surface area (Å²) in [4.78, 5) is 2.73. The van der Waals surface area contributed by atoms with Gasteiger partial charge in [-0.2, -0.15) is 0 Å². The van der Waals surface area contributed by atoms with Gasteiger partial charge in [-0.3, -0.25) is 4.90 Å². The Morgan fingerprint density at radius 1 is 1.32 bits per heavy atom. The van der Waals surface area contributed by atoms with Gasteiger partial charge >= 0.3 is 0 Å². The van der Waals surface area contributed by atoms with Crippen LogP contribution in [0.1, 0.15) is 56.7 Å². The van der Waals surface area contributed by atoms with E-state index in [1.54, 1.807) is 0 Å². The van der Waals surface area contributed by atoms with Crippen molar-refractivity contribution in [3.8, 4) is 0 Å². The van der Waals surface area contributed by atoms with Crippen molar-refractivity contribution in [3.63, 3.8) is 0 Å². The van der Waals surface area contributed by atoms with Crippen LogP contribution in [0.3, 0.4) is 0 Å². The van der Waals surface area contributed by atoms with E-state index in [9.17, 15) is 0 Å². The van der Waals surface area contributed by atoms with E-state index in [0.29, 0.717) is 11.5 Å². The lowest BCUT2D eigenvalue weighted by Crippen LogP contribution is -2.29. The molecule has 1 saturated heterocycles. The first-order chi connectivity index (χ1) is 9.17. The van der Waals surface area contributed by atoms with Crippen molar-refractivity contribution in [2.75, 3.05) is 18.8 Å². The normalized spacial score (nSPS) is 25.7. The average Bonchev–Trinajstić information content (AvgIpc) is 3.02. The number of likely N-dealkylation sites (tertiary alicyclic amines) is 1. The van der Waals surface area contributed by atoms with Crippen LogP contribution in [0.4, 0.5) is 5.69 Å². The molecular formula is C17H26N2. The van der Waals surface area contributed by atoms with Crippen molar-refractivity contribution in [1.82, 2.24) is 4.90 Å². The van der Waals surface area contributed by atoms with Gasteiger partial charge in [0, 0.05) is 18.3 Å². The van der Waals surface area contributed by atoms with Crippen LogP contribution in [-0.2, 0) is 6.42 Å². The molecule has 1 aliphatic carbocycles. The minimum Gasteiger partial charge on any atom is -0.399 e. The Labute approximate surface area is 117 Å². The molecule has 3 rings (SSSR count). The summed E-state index contributed by atoms with van der Waals surface area (Å²) in [5.41, 5.74) is 10.4. The van der Waals surface area contributed by atoms with Crippen molar-refractivity contribution >= 4 is 5.69 Å². The predicted molar refractivity (Wildman–Crippen MR) is 81.1 cm³/mol. The summed E-state index contributed by atoms with van der Waals surface area (Å²) < 4.78 is 0. The van der Waals surface area contributed by atoms with E-state index in [0.717, 1.165) is 5.69 Å². The van der Waals surface area contributed by atoms with Crippen LogP contribution in [0, 0.1) is 5.41 Å². The van der Waals surface area contributed by atoms with Gasteiger partial charge in [-0.1, -0.05) is 19.9 Å². The Morgan fingerprint density at radius 2 is 2.11 bits per heavy atom. The Kier molecular flexibility index (Phi) is 3.30. The molecule has 19 heavy (non-hydrogen) atoms. The van der Waals surface area contributed by atoms with Crippen LogP contribution in [0.25, 0.3) is 0 Å². The molecule has 0 saturated carbocycles. The molecule has 1 atom stereocenters. The topological polar surface area (TPSA) is 29.3 Å². The molecule has 2 N–H and O–H groups in total. The van der Waals surface area contributed by atoms with E-state index in [1.807, 2.05) is 0 Å². The molecular weight excluding hydrogens is 232 g/mol. The number of rotatable bonds is 3. The molecule has 0 spiro atoms. The van der Waals surface area contributed by atoms with Gasteiger partial charge in [0.15, 0.2) is 0 Å². The van der Waals surface area contributed by atoms with Crippen molar-refractivity contribution in [2.45, 2.75) is 52.0 Å². The van der Waals surface area contributed by atoms with E-state index in [1.165, 1.54) is 56.3 Å². The smallest absolute Gasteiger partial charge is 0.0354 e. The van der Waals surface area contributed by atoms with Crippen LogP contribution in [0.15, 0.2) is 18.2 Å². The standard InChI is InChI=1S/C17H26N2/c1-3-17(4-2)9-10-19(12-17)16-8-5-13-11-14(18)6-7-15(13)16/h6-7,11,16H,3-5,8-10,12,18H2,1-2H3. The van der Waals surface area contributed by atoms with Gasteiger partial charge in [-0.15, -0.1) is 0 Å².